The number of ether oxygens (including phenoxy) is 1. The molecule has 3 nitrogen and oxygen atoms in total. The molecule has 0 spiro atoms. The molecule has 0 amide bonds. The van der Waals surface area contributed by atoms with E-state index in [0.29, 0.717) is 10.0 Å². The Balaban J connectivity index is 2.38. The maximum atomic E-state index is 11.9. The second-order valence-corrected chi connectivity index (χ2v) is 5.71. The third kappa shape index (κ3) is 3.34. The minimum atomic E-state index is -1.68. The van der Waals surface area contributed by atoms with Crippen LogP contribution in [0.15, 0.2) is 53.0 Å². The minimum Gasteiger partial charge on any atom is -0.464 e. The van der Waals surface area contributed by atoms with Gasteiger partial charge in [-0.25, -0.2) is 4.79 Å². The number of benzene rings is 2. The summed E-state index contributed by atoms with van der Waals surface area (Å²) in [6.07, 6.45) is 0. The Hall–Kier alpha value is -1.65. The number of rotatable bonds is 4. The van der Waals surface area contributed by atoms with Gasteiger partial charge in [0.2, 0.25) is 0 Å². The summed E-state index contributed by atoms with van der Waals surface area (Å²) in [6, 6.07) is 15.4. The fourth-order valence-corrected chi connectivity index (χ4v) is 2.87. The Morgan fingerprint density at radius 1 is 1.19 bits per heavy atom. The lowest BCUT2D eigenvalue weighted by molar-refractivity contribution is -0.164. The first kappa shape index (κ1) is 15.7. The van der Waals surface area contributed by atoms with Crippen LogP contribution in [0.2, 0.25) is 0 Å². The first-order valence-electron chi connectivity index (χ1n) is 6.72. The predicted octanol–water partition coefficient (Wildman–Crippen LogP) is 3.89. The van der Waals surface area contributed by atoms with Gasteiger partial charge in [-0.15, -0.1) is 0 Å². The van der Waals surface area contributed by atoms with Gasteiger partial charge in [0, 0.05) is 10.0 Å². The minimum absolute atomic E-state index is 0.231. The van der Waals surface area contributed by atoms with Crippen molar-refractivity contribution in [3.8, 4) is 11.1 Å². The van der Waals surface area contributed by atoms with Crippen LogP contribution in [0.3, 0.4) is 0 Å². The molecule has 0 heterocycles. The molecule has 0 fully saturated rings. The van der Waals surface area contributed by atoms with Crippen LogP contribution >= 0.6 is 15.9 Å². The number of hydrogen-bond acceptors (Lipinski definition) is 3. The molecule has 2 rings (SSSR count). The quantitative estimate of drug-likeness (QED) is 0.852. The van der Waals surface area contributed by atoms with Crippen LogP contribution in [-0.2, 0) is 15.1 Å². The van der Waals surface area contributed by atoms with Crippen molar-refractivity contribution in [1.82, 2.24) is 0 Å². The smallest absolute Gasteiger partial charge is 0.342 e. The van der Waals surface area contributed by atoms with Crippen molar-refractivity contribution in [3.63, 3.8) is 0 Å². The molecule has 0 aliphatic rings. The maximum Gasteiger partial charge on any atom is 0.342 e. The molecule has 1 unspecified atom stereocenters. The molecule has 0 bridgehead atoms. The van der Waals surface area contributed by atoms with Crippen LogP contribution < -0.4 is 0 Å². The van der Waals surface area contributed by atoms with Crippen molar-refractivity contribution in [2.75, 3.05) is 6.61 Å². The van der Waals surface area contributed by atoms with E-state index in [-0.39, 0.29) is 6.61 Å². The van der Waals surface area contributed by atoms with Gasteiger partial charge in [-0.3, -0.25) is 0 Å². The number of carbonyl (C=O) groups is 1. The molecule has 0 saturated heterocycles. The van der Waals surface area contributed by atoms with Crippen LogP contribution in [0.5, 0.6) is 0 Å². The van der Waals surface area contributed by atoms with E-state index < -0.39 is 11.6 Å². The van der Waals surface area contributed by atoms with E-state index in [1.165, 1.54) is 6.92 Å². The molecule has 0 aliphatic heterocycles. The lowest BCUT2D eigenvalue weighted by Gasteiger charge is -2.23. The molecule has 1 atom stereocenters. The molecule has 2 aromatic carbocycles. The number of hydrogen-bond donors (Lipinski definition) is 1. The second-order valence-electron chi connectivity index (χ2n) is 4.85. The first-order valence-corrected chi connectivity index (χ1v) is 7.51. The lowest BCUT2D eigenvalue weighted by atomic mass is 9.94. The summed E-state index contributed by atoms with van der Waals surface area (Å²) in [5.74, 6) is -0.654. The number of carbonyl (C=O) groups excluding carboxylic acids is 1. The van der Waals surface area contributed by atoms with Gasteiger partial charge >= 0.3 is 5.97 Å². The van der Waals surface area contributed by atoms with Gasteiger partial charge in [-0.2, -0.15) is 0 Å². The van der Waals surface area contributed by atoms with Gasteiger partial charge in [0.25, 0.3) is 0 Å². The number of aliphatic hydroxyl groups is 1. The third-order valence-corrected chi connectivity index (χ3v) is 3.93. The summed E-state index contributed by atoms with van der Waals surface area (Å²) in [5, 5.41) is 10.4. The van der Waals surface area contributed by atoms with E-state index >= 15 is 0 Å². The Kier molecular flexibility index (Phi) is 4.80. The van der Waals surface area contributed by atoms with Crippen molar-refractivity contribution < 1.29 is 14.6 Å². The molecule has 0 radical (unpaired) electrons. The fourth-order valence-electron chi connectivity index (χ4n) is 2.10. The molecule has 0 aromatic heterocycles. The number of halogens is 1. The molecule has 21 heavy (non-hydrogen) atoms. The zero-order valence-electron chi connectivity index (χ0n) is 12.0. The van der Waals surface area contributed by atoms with Gasteiger partial charge in [0.15, 0.2) is 5.60 Å². The monoisotopic (exact) mass is 348 g/mol. The summed E-state index contributed by atoms with van der Waals surface area (Å²) in [7, 11) is 0. The standard InChI is InChI=1S/C17H17BrO3/c1-3-21-16(19)17(2,20)14-10-9-13(11-15(14)18)12-7-5-4-6-8-12/h4-11,20H,3H2,1-2H3. The van der Waals surface area contributed by atoms with Crippen LogP contribution in [0.4, 0.5) is 0 Å². The zero-order chi connectivity index (χ0) is 15.5. The summed E-state index contributed by atoms with van der Waals surface area (Å²) < 4.78 is 5.59. The van der Waals surface area contributed by atoms with Crippen molar-refractivity contribution in [2.45, 2.75) is 19.4 Å². The zero-order valence-corrected chi connectivity index (χ0v) is 13.6. The molecule has 2 aromatic rings. The van der Waals surface area contributed by atoms with Crippen molar-refractivity contribution in [2.24, 2.45) is 0 Å². The van der Waals surface area contributed by atoms with E-state index in [9.17, 15) is 9.90 Å². The molecule has 1 N–H and O–H groups in total. The van der Waals surface area contributed by atoms with Crippen molar-refractivity contribution in [3.05, 3.63) is 58.6 Å². The Morgan fingerprint density at radius 3 is 2.43 bits per heavy atom. The van der Waals surface area contributed by atoms with Crippen LogP contribution in [-0.4, -0.2) is 17.7 Å². The topological polar surface area (TPSA) is 46.5 Å². The van der Waals surface area contributed by atoms with Crippen molar-refractivity contribution in [1.29, 1.82) is 0 Å². The molecular weight excluding hydrogens is 332 g/mol. The highest BCUT2D eigenvalue weighted by Crippen LogP contribution is 2.33. The Labute approximate surface area is 132 Å². The molecular formula is C17H17BrO3. The van der Waals surface area contributed by atoms with Gasteiger partial charge in [0.05, 0.1) is 6.61 Å². The average Bonchev–Trinajstić information content (AvgIpc) is 2.48. The second kappa shape index (κ2) is 6.41. The fraction of sp³-hybridized carbons (Fsp3) is 0.235. The highest BCUT2D eigenvalue weighted by atomic mass is 79.9. The highest BCUT2D eigenvalue weighted by molar-refractivity contribution is 9.10. The van der Waals surface area contributed by atoms with Gasteiger partial charge in [0.1, 0.15) is 0 Å². The van der Waals surface area contributed by atoms with E-state index in [0.717, 1.165) is 11.1 Å². The Bertz CT molecular complexity index is 636. The summed E-state index contributed by atoms with van der Waals surface area (Å²) in [4.78, 5) is 11.9. The molecule has 0 aliphatic carbocycles. The Morgan fingerprint density at radius 2 is 1.86 bits per heavy atom. The van der Waals surface area contributed by atoms with Crippen LogP contribution in [0.1, 0.15) is 19.4 Å². The summed E-state index contributed by atoms with van der Waals surface area (Å²) in [6.45, 7) is 3.38. The van der Waals surface area contributed by atoms with E-state index in [1.807, 2.05) is 42.5 Å². The van der Waals surface area contributed by atoms with Crippen LogP contribution in [0.25, 0.3) is 11.1 Å². The van der Waals surface area contributed by atoms with E-state index in [2.05, 4.69) is 15.9 Å². The van der Waals surface area contributed by atoms with Crippen molar-refractivity contribution >= 4 is 21.9 Å². The molecule has 110 valence electrons. The van der Waals surface area contributed by atoms with Gasteiger partial charge in [-0.1, -0.05) is 58.4 Å². The SMILES string of the molecule is CCOC(=O)C(C)(O)c1ccc(-c2ccccc2)cc1Br. The summed E-state index contributed by atoms with van der Waals surface area (Å²) in [5.41, 5.74) is 0.886. The molecule has 4 heteroatoms. The number of esters is 1. The average molecular weight is 349 g/mol. The van der Waals surface area contributed by atoms with Crippen LogP contribution in [0, 0.1) is 0 Å². The van der Waals surface area contributed by atoms with E-state index in [1.54, 1.807) is 13.0 Å². The first-order chi connectivity index (χ1) is 9.96. The summed E-state index contributed by atoms with van der Waals surface area (Å²) >= 11 is 3.43. The molecule has 0 saturated carbocycles. The maximum absolute atomic E-state index is 11.9. The predicted molar refractivity (Wildman–Crippen MR) is 85.8 cm³/mol. The lowest BCUT2D eigenvalue weighted by Crippen LogP contribution is -2.34. The highest BCUT2D eigenvalue weighted by Gasteiger charge is 2.35. The third-order valence-electron chi connectivity index (χ3n) is 3.27. The van der Waals surface area contributed by atoms with Gasteiger partial charge in [-0.05, 0) is 31.0 Å². The largest absolute Gasteiger partial charge is 0.464 e. The normalized spacial score (nSPS) is 13.5. The van der Waals surface area contributed by atoms with Gasteiger partial charge < -0.3 is 9.84 Å². The van der Waals surface area contributed by atoms with E-state index in [4.69, 9.17) is 4.74 Å².